The van der Waals surface area contributed by atoms with E-state index in [1.807, 2.05) is 30.3 Å². The van der Waals surface area contributed by atoms with Gasteiger partial charge in [-0.15, -0.1) is 10.2 Å². The molecule has 0 spiro atoms. The van der Waals surface area contributed by atoms with E-state index in [4.69, 9.17) is 9.84 Å². The minimum atomic E-state index is -0.961. The Kier molecular flexibility index (Phi) is 6.18. The Morgan fingerprint density at radius 2 is 1.81 bits per heavy atom. The van der Waals surface area contributed by atoms with Crippen LogP contribution in [0.2, 0.25) is 0 Å². The van der Waals surface area contributed by atoms with Crippen molar-refractivity contribution < 1.29 is 14.6 Å². The molecule has 8 heteroatoms. The van der Waals surface area contributed by atoms with Gasteiger partial charge < -0.3 is 9.84 Å². The number of tetrazole rings is 1. The monoisotopic (exact) mass is 425 g/mol. The largest absolute Gasteiger partial charge is 0.497 e. The van der Waals surface area contributed by atoms with Crippen molar-refractivity contribution in [2.45, 2.75) is 13.0 Å². The number of carboxylic acids is 1. The number of benzene rings is 2. The minimum absolute atomic E-state index is 0.233. The van der Waals surface area contributed by atoms with Gasteiger partial charge in [0.15, 0.2) is 0 Å². The maximum Gasteiger partial charge on any atom is 0.335 e. The number of carboxylic acid groups (broad SMARTS) is 1. The van der Waals surface area contributed by atoms with Gasteiger partial charge in [-0.25, -0.2) is 4.79 Å². The fraction of sp³-hybridized carbons (Fsp3) is 0.125. The van der Waals surface area contributed by atoms with E-state index in [0.717, 1.165) is 22.4 Å². The molecule has 2 aromatic heterocycles. The first-order chi connectivity index (χ1) is 15.6. The summed E-state index contributed by atoms with van der Waals surface area (Å²) < 4.78 is 5.16. The van der Waals surface area contributed by atoms with Gasteiger partial charge in [0.05, 0.1) is 19.2 Å². The van der Waals surface area contributed by atoms with Crippen molar-refractivity contribution in [3.8, 4) is 29.0 Å². The van der Waals surface area contributed by atoms with Crippen LogP contribution in [0.3, 0.4) is 0 Å². The van der Waals surface area contributed by atoms with E-state index < -0.39 is 5.97 Å². The highest BCUT2D eigenvalue weighted by Crippen LogP contribution is 2.15. The van der Waals surface area contributed by atoms with E-state index in [2.05, 4.69) is 32.2 Å². The summed E-state index contributed by atoms with van der Waals surface area (Å²) >= 11 is 0. The number of rotatable bonds is 6. The SMILES string of the molecule is COc1ccc(CC#Cc2cncc(-c3nnn(Cc4ccc(C(=O)O)cc4)n3)c2)cc1. The fourth-order valence-corrected chi connectivity index (χ4v) is 2.96. The zero-order valence-electron chi connectivity index (χ0n) is 17.3. The molecule has 0 saturated carbocycles. The van der Waals surface area contributed by atoms with Gasteiger partial charge >= 0.3 is 5.97 Å². The Morgan fingerprint density at radius 3 is 2.53 bits per heavy atom. The zero-order chi connectivity index (χ0) is 22.3. The molecule has 0 unspecified atom stereocenters. The lowest BCUT2D eigenvalue weighted by Crippen LogP contribution is -2.04. The third-order valence-electron chi connectivity index (χ3n) is 4.66. The first-order valence-corrected chi connectivity index (χ1v) is 9.78. The van der Waals surface area contributed by atoms with Crippen LogP contribution in [-0.4, -0.2) is 43.4 Å². The van der Waals surface area contributed by atoms with Gasteiger partial charge in [-0.05, 0) is 46.7 Å². The molecule has 32 heavy (non-hydrogen) atoms. The summed E-state index contributed by atoms with van der Waals surface area (Å²) in [6.07, 6.45) is 3.97. The summed E-state index contributed by atoms with van der Waals surface area (Å²) in [6, 6.07) is 16.2. The van der Waals surface area contributed by atoms with Crippen LogP contribution < -0.4 is 4.74 Å². The first kappa shape index (κ1) is 20.8. The first-order valence-electron chi connectivity index (χ1n) is 9.78. The Morgan fingerprint density at radius 1 is 1.06 bits per heavy atom. The molecule has 2 aromatic carbocycles. The van der Waals surface area contributed by atoms with Crippen LogP contribution >= 0.6 is 0 Å². The minimum Gasteiger partial charge on any atom is -0.497 e. The van der Waals surface area contributed by atoms with Gasteiger partial charge in [-0.1, -0.05) is 36.1 Å². The van der Waals surface area contributed by atoms with Crippen LogP contribution in [0.5, 0.6) is 5.75 Å². The molecule has 4 rings (SSSR count). The number of carbonyl (C=O) groups is 1. The smallest absolute Gasteiger partial charge is 0.335 e. The van der Waals surface area contributed by atoms with Crippen LogP contribution in [0.15, 0.2) is 67.0 Å². The molecule has 0 aliphatic heterocycles. The molecule has 0 amide bonds. The number of hydrogen-bond donors (Lipinski definition) is 1. The highest BCUT2D eigenvalue weighted by molar-refractivity contribution is 5.87. The number of aromatic carboxylic acids is 1. The lowest BCUT2D eigenvalue weighted by Gasteiger charge is -2.00. The molecule has 0 fully saturated rings. The van der Waals surface area contributed by atoms with Crippen molar-refractivity contribution in [3.63, 3.8) is 0 Å². The third kappa shape index (κ3) is 5.15. The number of hydrogen-bond acceptors (Lipinski definition) is 6. The normalized spacial score (nSPS) is 10.3. The molecular weight excluding hydrogens is 406 g/mol. The highest BCUT2D eigenvalue weighted by Gasteiger charge is 2.08. The summed E-state index contributed by atoms with van der Waals surface area (Å²) in [4.78, 5) is 16.6. The van der Waals surface area contributed by atoms with Crippen LogP contribution in [0.25, 0.3) is 11.4 Å². The van der Waals surface area contributed by atoms with Crippen LogP contribution in [0.4, 0.5) is 0 Å². The summed E-state index contributed by atoms with van der Waals surface area (Å²) in [7, 11) is 1.64. The van der Waals surface area contributed by atoms with E-state index >= 15 is 0 Å². The van der Waals surface area contributed by atoms with Gasteiger partial charge in [0.1, 0.15) is 5.75 Å². The van der Waals surface area contributed by atoms with Crippen LogP contribution in [0.1, 0.15) is 27.0 Å². The zero-order valence-corrected chi connectivity index (χ0v) is 17.3. The van der Waals surface area contributed by atoms with Gasteiger partial charge in [0.2, 0.25) is 5.82 Å². The third-order valence-corrected chi connectivity index (χ3v) is 4.66. The Balaban J connectivity index is 1.43. The Bertz CT molecular complexity index is 1290. The quantitative estimate of drug-likeness (QED) is 0.474. The predicted molar refractivity (Wildman–Crippen MR) is 117 cm³/mol. The summed E-state index contributed by atoms with van der Waals surface area (Å²) in [6.45, 7) is 0.377. The second kappa shape index (κ2) is 9.53. The van der Waals surface area contributed by atoms with Gasteiger partial charge in [0, 0.05) is 29.9 Å². The number of aromatic nitrogens is 5. The number of ether oxygens (including phenoxy) is 1. The lowest BCUT2D eigenvalue weighted by atomic mass is 10.1. The highest BCUT2D eigenvalue weighted by atomic mass is 16.5. The van der Waals surface area contributed by atoms with E-state index in [-0.39, 0.29) is 5.56 Å². The lowest BCUT2D eigenvalue weighted by molar-refractivity contribution is 0.0697. The van der Waals surface area contributed by atoms with Crippen molar-refractivity contribution in [1.29, 1.82) is 0 Å². The molecule has 0 aliphatic rings. The van der Waals surface area contributed by atoms with Gasteiger partial charge in [-0.2, -0.15) is 4.80 Å². The standard InChI is InChI=1S/C24H19N5O3/c1-32-22-11-7-17(8-12-22)3-2-4-19-13-21(15-25-14-19)23-26-28-29(27-23)16-18-5-9-20(10-6-18)24(30)31/h5-15H,3,16H2,1H3,(H,30,31). The molecule has 8 nitrogen and oxygen atoms in total. The Labute approximate surface area is 184 Å². The van der Waals surface area contributed by atoms with Crippen LogP contribution in [-0.2, 0) is 13.0 Å². The molecule has 4 aromatic rings. The maximum absolute atomic E-state index is 11.0. The van der Waals surface area contributed by atoms with Crippen molar-refractivity contribution in [3.05, 3.63) is 89.2 Å². The molecule has 0 radical (unpaired) electrons. The van der Waals surface area contributed by atoms with Gasteiger partial charge in [0.25, 0.3) is 0 Å². The summed E-state index contributed by atoms with van der Waals surface area (Å²) in [5.74, 6) is 6.57. The van der Waals surface area contributed by atoms with E-state index in [9.17, 15) is 4.79 Å². The van der Waals surface area contributed by atoms with Crippen LogP contribution in [0, 0.1) is 11.8 Å². The average molecular weight is 425 g/mol. The second-order valence-corrected chi connectivity index (χ2v) is 6.93. The topological polar surface area (TPSA) is 103 Å². The molecule has 0 bridgehead atoms. The van der Waals surface area contributed by atoms with Gasteiger partial charge in [-0.3, -0.25) is 4.98 Å². The van der Waals surface area contributed by atoms with E-state index in [1.165, 1.54) is 4.80 Å². The maximum atomic E-state index is 11.0. The number of pyridine rings is 1. The van der Waals surface area contributed by atoms with Crippen molar-refractivity contribution in [2.75, 3.05) is 7.11 Å². The molecule has 158 valence electrons. The molecule has 0 atom stereocenters. The van der Waals surface area contributed by atoms with Crippen molar-refractivity contribution >= 4 is 5.97 Å². The molecular formula is C24H19N5O3. The average Bonchev–Trinajstić information content (AvgIpc) is 3.29. The number of nitrogens with zero attached hydrogens (tertiary/aromatic N) is 5. The molecule has 0 saturated heterocycles. The number of methoxy groups -OCH3 is 1. The molecule has 1 N–H and O–H groups in total. The molecule has 0 aliphatic carbocycles. The predicted octanol–water partition coefficient (Wildman–Crippen LogP) is 3.08. The summed E-state index contributed by atoms with van der Waals surface area (Å²) in [5, 5.41) is 21.6. The van der Waals surface area contributed by atoms with E-state index in [1.54, 1.807) is 43.8 Å². The molecule has 2 heterocycles. The fourth-order valence-electron chi connectivity index (χ4n) is 2.96. The second-order valence-electron chi connectivity index (χ2n) is 6.93. The Hall–Kier alpha value is -4.51. The van der Waals surface area contributed by atoms with Crippen molar-refractivity contribution in [2.24, 2.45) is 0 Å². The van der Waals surface area contributed by atoms with E-state index in [0.29, 0.717) is 24.4 Å². The van der Waals surface area contributed by atoms with Crippen molar-refractivity contribution in [1.82, 2.24) is 25.2 Å². The summed E-state index contributed by atoms with van der Waals surface area (Å²) in [5.41, 5.74) is 3.68.